The summed E-state index contributed by atoms with van der Waals surface area (Å²) in [6.07, 6.45) is 1.71. The van der Waals surface area contributed by atoms with Gasteiger partial charge in [0.1, 0.15) is 0 Å². The van der Waals surface area contributed by atoms with E-state index in [2.05, 4.69) is 18.3 Å². The Hall–Kier alpha value is -1.46. The second-order valence-electron chi connectivity index (χ2n) is 5.81. The fourth-order valence-corrected chi connectivity index (χ4v) is 3.65. The zero-order chi connectivity index (χ0) is 16.3. The number of nitrogens with two attached hydrogens (primary N) is 1. The van der Waals surface area contributed by atoms with Crippen LogP contribution in [0.4, 0.5) is 5.69 Å². The fraction of sp³-hybridized carbons (Fsp3) is 0.529. The van der Waals surface area contributed by atoms with Crippen LogP contribution in [0.1, 0.15) is 31.4 Å². The average Bonchev–Trinajstić information content (AvgIpc) is 2.52. The summed E-state index contributed by atoms with van der Waals surface area (Å²) < 4.78 is 5.22. The van der Waals surface area contributed by atoms with Gasteiger partial charge in [0.15, 0.2) is 0 Å². The Labute approximate surface area is 137 Å². The zero-order valence-corrected chi connectivity index (χ0v) is 14.2. The van der Waals surface area contributed by atoms with Crippen molar-refractivity contribution in [3.63, 3.8) is 0 Å². The molecule has 1 aromatic carbocycles. The Kier molecular flexibility index (Phi) is 5.53. The molecule has 3 unspecified atom stereocenters. The Morgan fingerprint density at radius 3 is 2.82 bits per heavy atom. The van der Waals surface area contributed by atoms with Gasteiger partial charge in [-0.05, 0) is 24.5 Å². The maximum Gasteiger partial charge on any atom is 0.222 e. The molecular weight excluding hydrogens is 296 g/mol. The molecule has 0 fully saturated rings. The number of carbonyl (C=O) groups excluding carboxylic acids is 1. The molecule has 2 rings (SSSR count). The maximum absolute atomic E-state index is 11.7. The SMILES string of the molecule is CCc1cccc2c1C(=S)C(CCOC)C(C(C)C(N)=O)N2. The number of hydrogen-bond donors (Lipinski definition) is 2. The lowest BCUT2D eigenvalue weighted by molar-refractivity contribution is -0.121. The van der Waals surface area contributed by atoms with Crippen LogP contribution in [0.3, 0.4) is 0 Å². The largest absolute Gasteiger partial charge is 0.385 e. The van der Waals surface area contributed by atoms with Crippen LogP contribution in [0.2, 0.25) is 0 Å². The summed E-state index contributed by atoms with van der Waals surface area (Å²) in [4.78, 5) is 12.6. The van der Waals surface area contributed by atoms with Gasteiger partial charge < -0.3 is 15.8 Å². The normalized spacial score (nSPS) is 21.9. The van der Waals surface area contributed by atoms with Crippen LogP contribution in [-0.4, -0.2) is 30.5 Å². The van der Waals surface area contributed by atoms with E-state index >= 15 is 0 Å². The van der Waals surface area contributed by atoms with Crippen molar-refractivity contribution in [3.05, 3.63) is 29.3 Å². The van der Waals surface area contributed by atoms with Crippen LogP contribution >= 0.6 is 12.2 Å². The first-order valence-corrected chi connectivity index (χ1v) is 8.13. The van der Waals surface area contributed by atoms with Crippen molar-refractivity contribution in [1.29, 1.82) is 0 Å². The summed E-state index contributed by atoms with van der Waals surface area (Å²) in [6.45, 7) is 4.59. The topological polar surface area (TPSA) is 64.3 Å². The summed E-state index contributed by atoms with van der Waals surface area (Å²) in [7, 11) is 1.68. The minimum atomic E-state index is -0.308. The number of hydrogen-bond acceptors (Lipinski definition) is 4. The first kappa shape index (κ1) is 16.9. The van der Waals surface area contributed by atoms with Crippen LogP contribution in [0.15, 0.2) is 18.2 Å². The second kappa shape index (κ2) is 7.20. The summed E-state index contributed by atoms with van der Waals surface area (Å²) in [5.74, 6) is -0.534. The first-order chi connectivity index (χ1) is 10.5. The van der Waals surface area contributed by atoms with Gasteiger partial charge in [-0.3, -0.25) is 4.79 Å². The molecule has 0 saturated heterocycles. The Morgan fingerprint density at radius 1 is 1.50 bits per heavy atom. The van der Waals surface area contributed by atoms with E-state index in [1.807, 2.05) is 19.1 Å². The summed E-state index contributed by atoms with van der Waals surface area (Å²) in [5, 5.41) is 3.50. The molecule has 0 aromatic heterocycles. The number of fused-ring (bicyclic) bond motifs is 1. The molecule has 0 radical (unpaired) electrons. The molecule has 22 heavy (non-hydrogen) atoms. The van der Waals surface area contributed by atoms with Gasteiger partial charge in [0, 0.05) is 41.8 Å². The number of amides is 1. The van der Waals surface area contributed by atoms with E-state index in [-0.39, 0.29) is 23.8 Å². The van der Waals surface area contributed by atoms with Gasteiger partial charge in [-0.25, -0.2) is 0 Å². The van der Waals surface area contributed by atoms with Crippen LogP contribution in [0.25, 0.3) is 0 Å². The molecule has 4 nitrogen and oxygen atoms in total. The quantitative estimate of drug-likeness (QED) is 0.791. The molecule has 5 heteroatoms. The highest BCUT2D eigenvalue weighted by Gasteiger charge is 2.38. The molecule has 1 aromatic rings. The van der Waals surface area contributed by atoms with Crippen molar-refractivity contribution in [3.8, 4) is 0 Å². The number of carbonyl (C=O) groups is 1. The molecule has 1 heterocycles. The van der Waals surface area contributed by atoms with E-state index in [0.717, 1.165) is 29.0 Å². The van der Waals surface area contributed by atoms with Gasteiger partial charge in [-0.15, -0.1) is 0 Å². The number of thiocarbonyl (C=S) groups is 1. The lowest BCUT2D eigenvalue weighted by Gasteiger charge is -2.38. The number of nitrogens with one attached hydrogen (secondary N) is 1. The molecule has 3 atom stereocenters. The van der Waals surface area contributed by atoms with Crippen LogP contribution < -0.4 is 11.1 Å². The smallest absolute Gasteiger partial charge is 0.222 e. The van der Waals surface area contributed by atoms with E-state index in [1.165, 1.54) is 5.56 Å². The third-order valence-corrected chi connectivity index (χ3v) is 5.00. The number of methoxy groups -OCH3 is 1. The van der Waals surface area contributed by atoms with Crippen LogP contribution in [0, 0.1) is 11.8 Å². The van der Waals surface area contributed by atoms with E-state index in [0.29, 0.717) is 6.61 Å². The van der Waals surface area contributed by atoms with Gasteiger partial charge in [0.2, 0.25) is 5.91 Å². The lowest BCUT2D eigenvalue weighted by atomic mass is 9.77. The predicted octanol–water partition coefficient (Wildman–Crippen LogP) is 2.54. The molecule has 0 aliphatic carbocycles. The molecular formula is C17H24N2O2S. The maximum atomic E-state index is 11.7. The number of anilines is 1. The zero-order valence-electron chi connectivity index (χ0n) is 13.4. The number of benzene rings is 1. The molecule has 0 saturated carbocycles. The average molecular weight is 320 g/mol. The molecule has 3 N–H and O–H groups in total. The van der Waals surface area contributed by atoms with Crippen molar-refractivity contribution in [1.82, 2.24) is 0 Å². The van der Waals surface area contributed by atoms with Gasteiger partial charge in [-0.1, -0.05) is 38.2 Å². The summed E-state index contributed by atoms with van der Waals surface area (Å²) >= 11 is 5.78. The Morgan fingerprint density at radius 2 is 2.23 bits per heavy atom. The number of rotatable bonds is 6. The minimum absolute atomic E-state index is 0.0673. The molecule has 0 spiro atoms. The van der Waals surface area contributed by atoms with E-state index in [9.17, 15) is 4.79 Å². The highest BCUT2D eigenvalue weighted by Crippen LogP contribution is 2.36. The molecule has 0 bridgehead atoms. The minimum Gasteiger partial charge on any atom is -0.385 e. The second-order valence-corrected chi connectivity index (χ2v) is 6.25. The van der Waals surface area contributed by atoms with E-state index in [1.54, 1.807) is 7.11 Å². The van der Waals surface area contributed by atoms with Crippen LogP contribution in [-0.2, 0) is 16.0 Å². The molecule has 1 aliphatic rings. The fourth-order valence-electron chi connectivity index (χ4n) is 3.14. The number of aryl methyl sites for hydroxylation is 1. The number of primary amides is 1. The summed E-state index contributed by atoms with van der Waals surface area (Å²) in [6, 6.07) is 6.07. The lowest BCUT2D eigenvalue weighted by Crippen LogP contribution is -2.47. The number of ether oxygens (including phenoxy) is 1. The first-order valence-electron chi connectivity index (χ1n) is 7.72. The van der Waals surface area contributed by atoms with E-state index < -0.39 is 0 Å². The highest BCUT2D eigenvalue weighted by molar-refractivity contribution is 7.81. The monoisotopic (exact) mass is 320 g/mol. The predicted molar refractivity (Wildman–Crippen MR) is 93.3 cm³/mol. The highest BCUT2D eigenvalue weighted by atomic mass is 32.1. The summed E-state index contributed by atoms with van der Waals surface area (Å²) in [5.41, 5.74) is 8.89. The van der Waals surface area contributed by atoms with Crippen molar-refractivity contribution in [2.75, 3.05) is 19.0 Å². The van der Waals surface area contributed by atoms with Crippen molar-refractivity contribution in [2.24, 2.45) is 17.6 Å². The molecule has 1 aliphatic heterocycles. The molecule has 1 amide bonds. The third-order valence-electron chi connectivity index (χ3n) is 4.49. The van der Waals surface area contributed by atoms with Gasteiger partial charge in [-0.2, -0.15) is 0 Å². The van der Waals surface area contributed by atoms with Crippen molar-refractivity contribution in [2.45, 2.75) is 32.7 Å². The van der Waals surface area contributed by atoms with Crippen molar-refractivity contribution >= 4 is 28.7 Å². The van der Waals surface area contributed by atoms with Crippen LogP contribution in [0.5, 0.6) is 0 Å². The van der Waals surface area contributed by atoms with E-state index in [4.69, 9.17) is 22.7 Å². The Bertz CT molecular complexity index is 574. The van der Waals surface area contributed by atoms with Gasteiger partial charge in [0.25, 0.3) is 0 Å². The standard InChI is InChI=1S/C17H24N2O2S/c1-4-11-6-5-7-13-14(11)16(22)12(8-9-21-3)15(19-13)10(2)17(18)20/h5-7,10,12,15,19H,4,8-9H2,1-3H3,(H2,18,20). The molecule has 120 valence electrons. The van der Waals surface area contributed by atoms with Crippen molar-refractivity contribution < 1.29 is 9.53 Å². The van der Waals surface area contributed by atoms with Gasteiger partial charge in [0.05, 0.1) is 5.92 Å². The third kappa shape index (κ3) is 3.15. The van der Waals surface area contributed by atoms with Gasteiger partial charge >= 0.3 is 0 Å². The Balaban J connectivity index is 2.44.